The normalized spacial score (nSPS) is 41.7. The maximum absolute atomic E-state index is 2.31. The molecule has 0 N–H and O–H groups in total. The van der Waals surface area contributed by atoms with Crippen molar-refractivity contribution in [3.63, 3.8) is 0 Å². The van der Waals surface area contributed by atoms with Gasteiger partial charge in [-0.15, -0.1) is 0 Å². The average Bonchev–Trinajstić information content (AvgIpc) is 2.33. The van der Waals surface area contributed by atoms with Crippen molar-refractivity contribution in [3.05, 3.63) is 0 Å². The van der Waals surface area contributed by atoms with Gasteiger partial charge in [0.2, 0.25) is 0 Å². The van der Waals surface area contributed by atoms with Gasteiger partial charge in [-0.1, -0.05) is 39.0 Å². The number of hydrogen-bond donors (Lipinski definition) is 0. The van der Waals surface area contributed by atoms with E-state index in [2.05, 4.69) is 6.92 Å². The molecule has 0 aromatic rings. The summed E-state index contributed by atoms with van der Waals surface area (Å²) >= 11 is 0. The van der Waals surface area contributed by atoms with Gasteiger partial charge in [0, 0.05) is 0 Å². The van der Waals surface area contributed by atoms with E-state index in [-0.39, 0.29) is 0 Å². The van der Waals surface area contributed by atoms with Gasteiger partial charge in [-0.25, -0.2) is 0 Å². The summed E-state index contributed by atoms with van der Waals surface area (Å²) < 4.78 is 0. The minimum Gasteiger partial charge on any atom is -0.0654 e. The van der Waals surface area contributed by atoms with Crippen molar-refractivity contribution >= 4 is 0 Å². The van der Waals surface area contributed by atoms with Gasteiger partial charge in [0.05, 0.1) is 0 Å². The van der Waals surface area contributed by atoms with Crippen molar-refractivity contribution in [1.29, 1.82) is 0 Å². The molecule has 2 aliphatic rings. The largest absolute Gasteiger partial charge is 0.0654 e. The third-order valence-corrected chi connectivity index (χ3v) is 3.86. The van der Waals surface area contributed by atoms with E-state index in [1.165, 1.54) is 37.5 Å². The summed E-state index contributed by atoms with van der Waals surface area (Å²) in [6, 6.07) is 0. The first-order valence-corrected chi connectivity index (χ1v) is 5.42. The fourth-order valence-corrected chi connectivity index (χ4v) is 3.14. The zero-order valence-corrected chi connectivity index (χ0v) is 7.68. The summed E-state index contributed by atoms with van der Waals surface area (Å²) in [6.07, 6.45) is 10.7. The molecule has 2 fully saturated rings. The molecule has 0 heterocycles. The molecular weight excluding hydrogens is 132 g/mol. The third-order valence-electron chi connectivity index (χ3n) is 3.86. The summed E-state index contributed by atoms with van der Waals surface area (Å²) in [5, 5.41) is 0. The molecule has 0 radical (unpaired) electrons. The Labute approximate surface area is 70.4 Å². The topological polar surface area (TPSA) is 0 Å². The summed E-state index contributed by atoms with van der Waals surface area (Å²) in [5.74, 6) is 3.51. The van der Waals surface area contributed by atoms with Crippen LogP contribution in [-0.2, 0) is 0 Å². The van der Waals surface area contributed by atoms with Gasteiger partial charge in [-0.05, 0) is 30.6 Å². The SMILES string of the molecule is CCCCC1C[C@@H]2CCCC12. The van der Waals surface area contributed by atoms with E-state index in [1.807, 2.05) is 0 Å². The Kier molecular flexibility index (Phi) is 2.20. The van der Waals surface area contributed by atoms with Crippen molar-refractivity contribution < 1.29 is 0 Å². The molecule has 11 heavy (non-hydrogen) atoms. The predicted molar refractivity (Wildman–Crippen MR) is 48.5 cm³/mol. The molecule has 0 aromatic heterocycles. The molecule has 2 saturated carbocycles. The first-order chi connectivity index (χ1) is 5.42. The van der Waals surface area contributed by atoms with Crippen LogP contribution < -0.4 is 0 Å². The zero-order chi connectivity index (χ0) is 7.68. The molecule has 0 aliphatic heterocycles. The van der Waals surface area contributed by atoms with Crippen LogP contribution in [0.4, 0.5) is 0 Å². The highest BCUT2D eigenvalue weighted by molar-refractivity contribution is 4.92. The maximum atomic E-state index is 2.31. The molecule has 64 valence electrons. The minimum atomic E-state index is 1.16. The van der Waals surface area contributed by atoms with Crippen LogP contribution in [0.1, 0.15) is 51.9 Å². The monoisotopic (exact) mass is 152 g/mol. The molecule has 0 amide bonds. The smallest absolute Gasteiger partial charge is 0.0357 e. The van der Waals surface area contributed by atoms with E-state index < -0.39 is 0 Å². The Hall–Kier alpha value is 0. The first kappa shape index (κ1) is 7.64. The summed E-state index contributed by atoms with van der Waals surface area (Å²) in [6.45, 7) is 2.31. The highest BCUT2D eigenvalue weighted by atomic mass is 14.5. The van der Waals surface area contributed by atoms with E-state index in [1.54, 1.807) is 19.3 Å². The van der Waals surface area contributed by atoms with E-state index >= 15 is 0 Å². The molecule has 0 aromatic carbocycles. The molecule has 0 spiro atoms. The fraction of sp³-hybridized carbons (Fsp3) is 1.00. The lowest BCUT2D eigenvalue weighted by Gasteiger charge is -2.40. The van der Waals surface area contributed by atoms with Gasteiger partial charge < -0.3 is 0 Å². The highest BCUT2D eigenvalue weighted by Gasteiger charge is 2.42. The molecule has 0 nitrogen and oxygen atoms in total. The Morgan fingerprint density at radius 2 is 2.18 bits per heavy atom. The maximum Gasteiger partial charge on any atom is -0.0357 e. The standard InChI is InChI=1S/C11H20/c1-2-3-5-9-8-10-6-4-7-11(9)10/h9-11H,2-8H2,1H3/t9?,10-,11?/m0/s1. The van der Waals surface area contributed by atoms with Crippen LogP contribution in [0.15, 0.2) is 0 Å². The van der Waals surface area contributed by atoms with Crippen LogP contribution in [-0.4, -0.2) is 0 Å². The van der Waals surface area contributed by atoms with E-state index in [4.69, 9.17) is 0 Å². The molecule has 0 saturated heterocycles. The molecule has 2 unspecified atom stereocenters. The van der Waals surface area contributed by atoms with Crippen LogP contribution in [0.3, 0.4) is 0 Å². The van der Waals surface area contributed by atoms with Gasteiger partial charge in [-0.3, -0.25) is 0 Å². The van der Waals surface area contributed by atoms with Gasteiger partial charge >= 0.3 is 0 Å². The summed E-state index contributed by atoms with van der Waals surface area (Å²) in [7, 11) is 0. The number of fused-ring (bicyclic) bond motifs is 1. The summed E-state index contributed by atoms with van der Waals surface area (Å²) in [4.78, 5) is 0. The molecule has 2 aliphatic carbocycles. The molecule has 0 heteroatoms. The third kappa shape index (κ3) is 1.32. The minimum absolute atomic E-state index is 1.16. The van der Waals surface area contributed by atoms with Gasteiger partial charge in [0.25, 0.3) is 0 Å². The number of unbranched alkanes of at least 4 members (excludes halogenated alkanes) is 1. The Morgan fingerprint density at radius 1 is 1.27 bits per heavy atom. The van der Waals surface area contributed by atoms with Crippen molar-refractivity contribution in [2.45, 2.75) is 51.9 Å². The van der Waals surface area contributed by atoms with Gasteiger partial charge in [-0.2, -0.15) is 0 Å². The second-order valence-electron chi connectivity index (χ2n) is 4.49. The molecule has 0 bridgehead atoms. The van der Waals surface area contributed by atoms with Crippen LogP contribution in [0.5, 0.6) is 0 Å². The van der Waals surface area contributed by atoms with Crippen molar-refractivity contribution in [1.82, 2.24) is 0 Å². The molecule has 2 rings (SSSR count). The Balaban J connectivity index is 1.73. The lowest BCUT2D eigenvalue weighted by molar-refractivity contribution is 0.0929. The summed E-state index contributed by atoms with van der Waals surface area (Å²) in [5.41, 5.74) is 0. The van der Waals surface area contributed by atoms with Crippen LogP contribution in [0, 0.1) is 17.8 Å². The second kappa shape index (κ2) is 3.16. The van der Waals surface area contributed by atoms with Crippen molar-refractivity contribution in [2.24, 2.45) is 17.8 Å². The van der Waals surface area contributed by atoms with Crippen molar-refractivity contribution in [3.8, 4) is 0 Å². The van der Waals surface area contributed by atoms with Gasteiger partial charge in [0.15, 0.2) is 0 Å². The molecule has 3 atom stereocenters. The predicted octanol–water partition coefficient (Wildman–Crippen LogP) is 3.61. The Morgan fingerprint density at radius 3 is 2.91 bits per heavy atom. The molecular formula is C11H20. The lowest BCUT2D eigenvalue weighted by Crippen LogP contribution is -2.32. The van der Waals surface area contributed by atoms with Crippen LogP contribution in [0.2, 0.25) is 0 Å². The van der Waals surface area contributed by atoms with E-state index in [0.29, 0.717) is 0 Å². The van der Waals surface area contributed by atoms with Gasteiger partial charge in [0.1, 0.15) is 0 Å². The average molecular weight is 152 g/mol. The Bertz CT molecular complexity index is 128. The zero-order valence-electron chi connectivity index (χ0n) is 7.68. The highest BCUT2D eigenvalue weighted by Crippen LogP contribution is 2.52. The van der Waals surface area contributed by atoms with Crippen LogP contribution >= 0.6 is 0 Å². The first-order valence-electron chi connectivity index (χ1n) is 5.42. The quantitative estimate of drug-likeness (QED) is 0.579. The number of rotatable bonds is 3. The van der Waals surface area contributed by atoms with Crippen LogP contribution in [0.25, 0.3) is 0 Å². The van der Waals surface area contributed by atoms with E-state index in [0.717, 1.165) is 5.92 Å². The second-order valence-corrected chi connectivity index (χ2v) is 4.49. The van der Waals surface area contributed by atoms with E-state index in [9.17, 15) is 0 Å². The fourth-order valence-electron chi connectivity index (χ4n) is 3.14. The van der Waals surface area contributed by atoms with Crippen molar-refractivity contribution in [2.75, 3.05) is 0 Å². The lowest BCUT2D eigenvalue weighted by atomic mass is 9.65. The number of hydrogen-bond acceptors (Lipinski definition) is 0.